The number of nitrogens with zero attached hydrogens (tertiary/aromatic N) is 2. The van der Waals surface area contributed by atoms with Crippen molar-refractivity contribution in [1.82, 2.24) is 10.2 Å². The van der Waals surface area contributed by atoms with Gasteiger partial charge in [-0.25, -0.2) is 0 Å². The van der Waals surface area contributed by atoms with Crippen LogP contribution < -0.4 is 5.32 Å². The predicted octanol–water partition coefficient (Wildman–Crippen LogP) is 2.20. The lowest BCUT2D eigenvalue weighted by Gasteiger charge is -2.14. The lowest BCUT2D eigenvalue weighted by atomic mass is 10.2. The third-order valence-corrected chi connectivity index (χ3v) is 3.73. The monoisotopic (exact) mass is 291 g/mol. The Hall–Kier alpha value is -1.95. The zero-order valence-corrected chi connectivity index (χ0v) is 12.1. The fourth-order valence-corrected chi connectivity index (χ4v) is 2.51. The van der Waals surface area contributed by atoms with Crippen molar-refractivity contribution in [3.63, 3.8) is 0 Å². The smallest absolute Gasteiger partial charge is 0.269 e. The second-order valence-corrected chi connectivity index (χ2v) is 5.32. The predicted molar refractivity (Wildman–Crippen MR) is 80.3 cm³/mol. The lowest BCUT2D eigenvalue weighted by molar-refractivity contribution is -0.384. The molecule has 1 N–H and O–H groups in total. The molecule has 1 aromatic carbocycles. The zero-order valence-electron chi connectivity index (χ0n) is 12.1. The van der Waals surface area contributed by atoms with Crippen LogP contribution in [0.2, 0.25) is 0 Å². The highest BCUT2D eigenvalue weighted by Gasteiger charge is 2.11. The molecule has 21 heavy (non-hydrogen) atoms. The minimum absolute atomic E-state index is 0.00263. The Morgan fingerprint density at radius 2 is 1.86 bits per heavy atom. The van der Waals surface area contributed by atoms with Gasteiger partial charge in [0.25, 0.3) is 11.6 Å². The molecule has 0 aromatic heterocycles. The number of rotatable bonds is 7. The molecule has 1 heterocycles. The molecule has 0 bridgehead atoms. The number of amides is 1. The van der Waals surface area contributed by atoms with Crippen molar-refractivity contribution < 1.29 is 9.72 Å². The van der Waals surface area contributed by atoms with E-state index in [0.29, 0.717) is 12.1 Å². The van der Waals surface area contributed by atoms with Crippen LogP contribution in [0.4, 0.5) is 5.69 Å². The van der Waals surface area contributed by atoms with E-state index in [2.05, 4.69) is 10.2 Å². The quantitative estimate of drug-likeness (QED) is 0.475. The van der Waals surface area contributed by atoms with E-state index in [4.69, 9.17) is 0 Å². The fraction of sp³-hybridized carbons (Fsp3) is 0.533. The molecule has 1 saturated heterocycles. The molecular weight excluding hydrogens is 270 g/mol. The minimum atomic E-state index is -0.472. The first-order valence-electron chi connectivity index (χ1n) is 7.42. The molecule has 0 atom stereocenters. The summed E-state index contributed by atoms with van der Waals surface area (Å²) in [5, 5.41) is 13.4. The second-order valence-electron chi connectivity index (χ2n) is 5.32. The van der Waals surface area contributed by atoms with Crippen molar-refractivity contribution in [1.29, 1.82) is 0 Å². The number of non-ortho nitro benzene ring substituents is 1. The van der Waals surface area contributed by atoms with E-state index in [9.17, 15) is 14.9 Å². The van der Waals surface area contributed by atoms with Crippen LogP contribution in [-0.4, -0.2) is 41.9 Å². The van der Waals surface area contributed by atoms with Gasteiger partial charge in [0.1, 0.15) is 0 Å². The molecule has 6 heteroatoms. The first-order chi connectivity index (χ1) is 10.2. The fourth-order valence-electron chi connectivity index (χ4n) is 2.51. The van der Waals surface area contributed by atoms with Gasteiger partial charge in [-0.2, -0.15) is 0 Å². The summed E-state index contributed by atoms with van der Waals surface area (Å²) in [5.74, 6) is -0.175. The molecule has 0 spiro atoms. The molecule has 1 fully saturated rings. The number of benzene rings is 1. The summed E-state index contributed by atoms with van der Waals surface area (Å²) in [7, 11) is 0. The average Bonchev–Trinajstić information content (AvgIpc) is 3.00. The van der Waals surface area contributed by atoms with Gasteiger partial charge in [0.2, 0.25) is 0 Å². The Morgan fingerprint density at radius 3 is 2.48 bits per heavy atom. The number of unbranched alkanes of at least 4 members (excludes halogenated alkanes) is 1. The summed E-state index contributed by atoms with van der Waals surface area (Å²) in [6.07, 6.45) is 4.64. The van der Waals surface area contributed by atoms with Crippen molar-refractivity contribution in [3.8, 4) is 0 Å². The Balaban J connectivity index is 1.65. The molecule has 0 saturated carbocycles. The van der Waals surface area contributed by atoms with Crippen LogP contribution >= 0.6 is 0 Å². The van der Waals surface area contributed by atoms with Gasteiger partial charge in [-0.3, -0.25) is 14.9 Å². The molecule has 1 aromatic rings. The molecule has 0 aliphatic carbocycles. The van der Waals surface area contributed by atoms with E-state index in [1.165, 1.54) is 50.2 Å². The van der Waals surface area contributed by atoms with Gasteiger partial charge in [0, 0.05) is 24.2 Å². The number of hydrogen-bond acceptors (Lipinski definition) is 4. The summed E-state index contributed by atoms with van der Waals surface area (Å²) < 4.78 is 0. The maximum Gasteiger partial charge on any atom is 0.269 e. The topological polar surface area (TPSA) is 75.5 Å². The van der Waals surface area contributed by atoms with E-state index in [0.717, 1.165) is 19.4 Å². The normalized spacial score (nSPS) is 15.0. The third-order valence-electron chi connectivity index (χ3n) is 3.73. The highest BCUT2D eigenvalue weighted by atomic mass is 16.6. The molecule has 1 amide bonds. The summed E-state index contributed by atoms with van der Waals surface area (Å²) in [6, 6.07) is 5.67. The SMILES string of the molecule is O=C(NCCCCN1CCCC1)c1ccc([N+](=O)[O-])cc1. The van der Waals surface area contributed by atoms with Crippen molar-refractivity contribution >= 4 is 11.6 Å². The van der Waals surface area contributed by atoms with Crippen LogP contribution in [0.5, 0.6) is 0 Å². The summed E-state index contributed by atoms with van der Waals surface area (Å²) in [5.41, 5.74) is 0.456. The van der Waals surface area contributed by atoms with Crippen LogP contribution in [0.15, 0.2) is 24.3 Å². The van der Waals surface area contributed by atoms with Crippen molar-refractivity contribution in [2.45, 2.75) is 25.7 Å². The van der Waals surface area contributed by atoms with Gasteiger partial charge in [-0.15, -0.1) is 0 Å². The number of likely N-dealkylation sites (tertiary alicyclic amines) is 1. The minimum Gasteiger partial charge on any atom is -0.352 e. The van der Waals surface area contributed by atoms with Crippen molar-refractivity contribution in [3.05, 3.63) is 39.9 Å². The van der Waals surface area contributed by atoms with Gasteiger partial charge in [-0.05, 0) is 57.5 Å². The second kappa shape index (κ2) is 7.73. The van der Waals surface area contributed by atoms with E-state index < -0.39 is 4.92 Å². The number of carbonyl (C=O) groups excluding carboxylic acids is 1. The average molecular weight is 291 g/mol. The summed E-state index contributed by atoms with van der Waals surface area (Å²) in [4.78, 5) is 24.4. The number of carbonyl (C=O) groups is 1. The van der Waals surface area contributed by atoms with Gasteiger partial charge in [-0.1, -0.05) is 0 Å². The van der Waals surface area contributed by atoms with Crippen molar-refractivity contribution in [2.75, 3.05) is 26.2 Å². The molecule has 1 aliphatic heterocycles. The van der Waals surface area contributed by atoms with E-state index in [1.807, 2.05) is 0 Å². The van der Waals surface area contributed by atoms with Gasteiger partial charge >= 0.3 is 0 Å². The molecule has 0 unspecified atom stereocenters. The van der Waals surface area contributed by atoms with E-state index >= 15 is 0 Å². The van der Waals surface area contributed by atoms with Crippen LogP contribution in [0, 0.1) is 10.1 Å². The highest BCUT2D eigenvalue weighted by molar-refractivity contribution is 5.94. The standard InChI is InChI=1S/C15H21N3O3/c19-15(13-5-7-14(8-6-13)18(20)21)16-9-1-2-10-17-11-3-4-12-17/h5-8H,1-4,9-12H2,(H,16,19). The maximum atomic E-state index is 11.9. The van der Waals surface area contributed by atoms with Gasteiger partial charge < -0.3 is 10.2 Å². The Bertz CT molecular complexity index is 481. The first kappa shape index (κ1) is 15.4. The molecular formula is C15H21N3O3. The number of nitrogens with one attached hydrogen (secondary N) is 1. The van der Waals surface area contributed by atoms with E-state index in [1.54, 1.807) is 0 Å². The highest BCUT2D eigenvalue weighted by Crippen LogP contribution is 2.12. The Labute approximate surface area is 124 Å². The largest absolute Gasteiger partial charge is 0.352 e. The van der Waals surface area contributed by atoms with E-state index in [-0.39, 0.29) is 11.6 Å². The lowest BCUT2D eigenvalue weighted by Crippen LogP contribution is -2.26. The van der Waals surface area contributed by atoms with Crippen LogP contribution in [-0.2, 0) is 0 Å². The van der Waals surface area contributed by atoms with Crippen molar-refractivity contribution in [2.24, 2.45) is 0 Å². The number of nitro benzene ring substituents is 1. The number of nitro groups is 1. The molecule has 1 aliphatic rings. The molecule has 2 rings (SSSR count). The Morgan fingerprint density at radius 1 is 1.19 bits per heavy atom. The molecule has 114 valence electrons. The first-order valence-corrected chi connectivity index (χ1v) is 7.42. The molecule has 6 nitrogen and oxygen atoms in total. The van der Waals surface area contributed by atoms with Gasteiger partial charge in [0.15, 0.2) is 0 Å². The summed E-state index contributed by atoms with van der Waals surface area (Å²) >= 11 is 0. The van der Waals surface area contributed by atoms with Gasteiger partial charge in [0.05, 0.1) is 4.92 Å². The number of hydrogen-bond donors (Lipinski definition) is 1. The maximum absolute atomic E-state index is 11.9. The Kier molecular flexibility index (Phi) is 5.68. The van der Waals surface area contributed by atoms with Crippen LogP contribution in [0.1, 0.15) is 36.0 Å². The third kappa shape index (κ3) is 4.82. The zero-order chi connectivity index (χ0) is 15.1. The van der Waals surface area contributed by atoms with Crippen LogP contribution in [0.3, 0.4) is 0 Å². The van der Waals surface area contributed by atoms with Crippen LogP contribution in [0.25, 0.3) is 0 Å². The summed E-state index contributed by atoms with van der Waals surface area (Å²) in [6.45, 7) is 4.15. The molecule has 0 radical (unpaired) electrons.